The van der Waals surface area contributed by atoms with Gasteiger partial charge in [0.1, 0.15) is 6.33 Å². The van der Waals surface area contributed by atoms with Gasteiger partial charge in [0.25, 0.3) is 0 Å². The van der Waals surface area contributed by atoms with E-state index in [1.165, 1.54) is 0 Å². The van der Waals surface area contributed by atoms with Gasteiger partial charge in [0.2, 0.25) is 5.95 Å². The lowest BCUT2D eigenvalue weighted by Crippen LogP contribution is -2.30. The van der Waals surface area contributed by atoms with E-state index in [2.05, 4.69) is 63.5 Å². The number of rotatable bonds is 7. The van der Waals surface area contributed by atoms with Crippen LogP contribution in [0.2, 0.25) is 0 Å². The van der Waals surface area contributed by atoms with E-state index in [0.717, 1.165) is 40.8 Å². The van der Waals surface area contributed by atoms with Gasteiger partial charge >= 0.3 is 5.69 Å². The van der Waals surface area contributed by atoms with Gasteiger partial charge in [-0.15, -0.1) is 15.3 Å². The standard InChI is InChI=1S/C25H28N10O/c1-5-8-18-15-34(23-30-27-16-35(23)25(2,3)4)24(36)33(18)14-17-13-26-12-11-19(17)20-9-6-7-10-21(20)22-28-31-32-29-22/h6-7,9-13,15-16H,5,8,14H2,1-4H3,(H,28,29,31,32). The Labute approximate surface area is 207 Å². The second-order valence-corrected chi connectivity index (χ2v) is 9.61. The molecule has 1 aromatic carbocycles. The highest BCUT2D eigenvalue weighted by Crippen LogP contribution is 2.32. The zero-order chi connectivity index (χ0) is 25.3. The predicted molar refractivity (Wildman–Crippen MR) is 135 cm³/mol. The van der Waals surface area contributed by atoms with Crippen LogP contribution in [0.25, 0.3) is 28.5 Å². The van der Waals surface area contributed by atoms with Crippen molar-refractivity contribution in [3.05, 3.63) is 77.0 Å². The summed E-state index contributed by atoms with van der Waals surface area (Å²) in [7, 11) is 0. The molecule has 5 aromatic rings. The Bertz CT molecular complexity index is 1540. The third-order valence-electron chi connectivity index (χ3n) is 6.09. The first-order valence-electron chi connectivity index (χ1n) is 11.9. The van der Waals surface area contributed by atoms with Crippen molar-refractivity contribution < 1.29 is 0 Å². The summed E-state index contributed by atoms with van der Waals surface area (Å²) >= 11 is 0. The maximum Gasteiger partial charge on any atom is 0.335 e. The summed E-state index contributed by atoms with van der Waals surface area (Å²) in [6, 6.07) is 9.85. The minimum absolute atomic E-state index is 0.167. The fraction of sp³-hybridized carbons (Fsp3) is 0.320. The van der Waals surface area contributed by atoms with E-state index in [4.69, 9.17) is 0 Å². The van der Waals surface area contributed by atoms with Crippen LogP contribution in [0.4, 0.5) is 0 Å². The van der Waals surface area contributed by atoms with Crippen LogP contribution in [0.15, 0.2) is 60.0 Å². The van der Waals surface area contributed by atoms with Crippen molar-refractivity contribution in [1.29, 1.82) is 0 Å². The Kier molecular flexibility index (Phi) is 6.05. The van der Waals surface area contributed by atoms with Crippen LogP contribution in [0, 0.1) is 0 Å². The molecule has 0 amide bonds. The van der Waals surface area contributed by atoms with Gasteiger partial charge < -0.3 is 0 Å². The monoisotopic (exact) mass is 484 g/mol. The van der Waals surface area contributed by atoms with Gasteiger partial charge in [-0.3, -0.25) is 14.1 Å². The molecule has 36 heavy (non-hydrogen) atoms. The smallest absolute Gasteiger partial charge is 0.294 e. The van der Waals surface area contributed by atoms with Crippen molar-refractivity contribution in [2.75, 3.05) is 0 Å². The van der Waals surface area contributed by atoms with Crippen LogP contribution in [0.3, 0.4) is 0 Å². The van der Waals surface area contributed by atoms with E-state index >= 15 is 0 Å². The number of nitrogens with one attached hydrogen (secondary N) is 1. The van der Waals surface area contributed by atoms with Gasteiger partial charge in [-0.05, 0) is 60.4 Å². The maximum absolute atomic E-state index is 13.7. The first kappa shape index (κ1) is 23.3. The lowest BCUT2D eigenvalue weighted by Gasteiger charge is -2.21. The summed E-state index contributed by atoms with van der Waals surface area (Å²) in [6.45, 7) is 8.62. The van der Waals surface area contributed by atoms with Crippen molar-refractivity contribution in [1.82, 2.24) is 49.5 Å². The van der Waals surface area contributed by atoms with Crippen molar-refractivity contribution in [3.63, 3.8) is 0 Å². The summed E-state index contributed by atoms with van der Waals surface area (Å²) in [6.07, 6.45) is 8.75. The van der Waals surface area contributed by atoms with Gasteiger partial charge in [-0.1, -0.05) is 37.6 Å². The molecule has 4 heterocycles. The Hall–Kier alpha value is -4.41. The molecule has 0 fully saturated rings. The third kappa shape index (κ3) is 4.23. The van der Waals surface area contributed by atoms with E-state index in [9.17, 15) is 4.79 Å². The molecule has 0 aliphatic carbocycles. The molecule has 11 heteroatoms. The van der Waals surface area contributed by atoms with Crippen LogP contribution in [-0.4, -0.2) is 49.5 Å². The molecule has 11 nitrogen and oxygen atoms in total. The fourth-order valence-electron chi connectivity index (χ4n) is 4.35. The van der Waals surface area contributed by atoms with Crippen LogP contribution in [-0.2, 0) is 18.5 Å². The number of hydrogen-bond acceptors (Lipinski definition) is 7. The Balaban J connectivity index is 1.62. The molecule has 0 unspecified atom stereocenters. The average Bonchev–Trinajstić information content (AvgIpc) is 3.62. The number of aromatic nitrogens is 10. The van der Waals surface area contributed by atoms with Crippen molar-refractivity contribution in [2.45, 2.75) is 52.6 Å². The topological polar surface area (TPSA) is 125 Å². The van der Waals surface area contributed by atoms with Gasteiger partial charge in [0.15, 0.2) is 5.82 Å². The minimum atomic E-state index is -0.277. The van der Waals surface area contributed by atoms with Crippen molar-refractivity contribution in [2.24, 2.45) is 0 Å². The molecule has 5 rings (SSSR count). The molecule has 184 valence electrons. The SMILES string of the molecule is CCCc1cn(-c2nncn2C(C)(C)C)c(=O)n1Cc1cnccc1-c1ccccc1-c1nnn[nH]1. The summed E-state index contributed by atoms with van der Waals surface area (Å²) in [5.74, 6) is 1.07. The zero-order valence-electron chi connectivity index (χ0n) is 20.8. The molecule has 0 radical (unpaired) electrons. The molecule has 0 bridgehead atoms. The van der Waals surface area contributed by atoms with Gasteiger partial charge in [0.05, 0.1) is 6.54 Å². The molecule has 0 saturated carbocycles. The molecule has 0 aliphatic rings. The second kappa shape index (κ2) is 9.33. The normalized spacial score (nSPS) is 11.8. The molecule has 0 saturated heterocycles. The summed E-state index contributed by atoms with van der Waals surface area (Å²) in [5.41, 5.74) is 4.16. The number of aromatic amines is 1. The molecule has 0 atom stereocenters. The quantitative estimate of drug-likeness (QED) is 0.376. The number of benzene rings is 1. The number of hydrogen-bond donors (Lipinski definition) is 1. The first-order chi connectivity index (χ1) is 17.4. The molecule has 0 spiro atoms. The van der Waals surface area contributed by atoms with E-state index in [0.29, 0.717) is 18.3 Å². The molecular formula is C25H28N10O. The van der Waals surface area contributed by atoms with Gasteiger partial charge in [-0.25, -0.2) is 14.5 Å². The Morgan fingerprint density at radius 1 is 1.03 bits per heavy atom. The number of H-pyrrole nitrogens is 1. The number of tetrazole rings is 1. The molecule has 0 aliphatic heterocycles. The minimum Gasteiger partial charge on any atom is -0.294 e. The average molecular weight is 485 g/mol. The van der Waals surface area contributed by atoms with Crippen LogP contribution in [0.1, 0.15) is 45.4 Å². The van der Waals surface area contributed by atoms with E-state index in [-0.39, 0.29) is 11.2 Å². The summed E-state index contributed by atoms with van der Waals surface area (Å²) < 4.78 is 5.30. The van der Waals surface area contributed by atoms with Crippen LogP contribution >= 0.6 is 0 Å². The number of imidazole rings is 1. The number of aryl methyl sites for hydroxylation is 1. The fourth-order valence-corrected chi connectivity index (χ4v) is 4.35. The largest absolute Gasteiger partial charge is 0.335 e. The lowest BCUT2D eigenvalue weighted by atomic mass is 9.96. The van der Waals surface area contributed by atoms with E-state index in [1.807, 2.05) is 47.3 Å². The van der Waals surface area contributed by atoms with Crippen LogP contribution < -0.4 is 5.69 Å². The first-order valence-corrected chi connectivity index (χ1v) is 11.9. The maximum atomic E-state index is 13.7. The van der Waals surface area contributed by atoms with E-state index in [1.54, 1.807) is 21.7 Å². The highest BCUT2D eigenvalue weighted by molar-refractivity contribution is 5.81. The Morgan fingerprint density at radius 3 is 2.56 bits per heavy atom. The summed E-state index contributed by atoms with van der Waals surface area (Å²) in [4.78, 5) is 18.1. The highest BCUT2D eigenvalue weighted by atomic mass is 16.2. The zero-order valence-corrected chi connectivity index (χ0v) is 20.8. The number of nitrogens with zero attached hydrogens (tertiary/aromatic N) is 9. The molecule has 4 aromatic heterocycles. The van der Waals surface area contributed by atoms with Crippen molar-refractivity contribution in [3.8, 4) is 28.5 Å². The third-order valence-corrected chi connectivity index (χ3v) is 6.09. The second-order valence-electron chi connectivity index (χ2n) is 9.61. The number of pyridine rings is 1. The van der Waals surface area contributed by atoms with Gasteiger partial charge in [0, 0.05) is 35.4 Å². The van der Waals surface area contributed by atoms with E-state index < -0.39 is 0 Å². The Morgan fingerprint density at radius 2 is 1.83 bits per heavy atom. The van der Waals surface area contributed by atoms with Crippen molar-refractivity contribution >= 4 is 0 Å². The molecule has 1 N–H and O–H groups in total. The summed E-state index contributed by atoms with van der Waals surface area (Å²) in [5, 5.41) is 22.7. The molecular weight excluding hydrogens is 456 g/mol. The highest BCUT2D eigenvalue weighted by Gasteiger charge is 2.23. The van der Waals surface area contributed by atoms with Crippen LogP contribution in [0.5, 0.6) is 0 Å². The van der Waals surface area contributed by atoms with Gasteiger partial charge in [-0.2, -0.15) is 0 Å². The lowest BCUT2D eigenvalue weighted by molar-refractivity contribution is 0.389. The predicted octanol–water partition coefficient (Wildman–Crippen LogP) is 3.23.